The Morgan fingerprint density at radius 3 is 2.33 bits per heavy atom. The van der Waals surface area contributed by atoms with Crippen LogP contribution < -0.4 is 0 Å². The average Bonchev–Trinajstić information content (AvgIpc) is 3.05. The summed E-state index contributed by atoms with van der Waals surface area (Å²) in [4.78, 5) is 14.8. The standard InChI is InChI=1S/C24H26ClN3O2/c1-17-23(25)18(2)28(26-17)21-10-8-20(9-11-21)24(29)27-14-12-22(13-15-27)30-16-19-6-4-3-5-7-19/h3-11,22H,12-16H2,1-2H3. The van der Waals surface area contributed by atoms with E-state index in [1.165, 1.54) is 5.56 Å². The van der Waals surface area contributed by atoms with Gasteiger partial charge in [-0.25, -0.2) is 4.68 Å². The van der Waals surface area contributed by atoms with Crippen molar-refractivity contribution in [1.82, 2.24) is 14.7 Å². The number of carbonyl (C=O) groups is 1. The van der Waals surface area contributed by atoms with Gasteiger partial charge in [0.05, 0.1) is 34.8 Å². The number of hydrogen-bond acceptors (Lipinski definition) is 3. The lowest BCUT2D eigenvalue weighted by molar-refractivity contribution is -0.000379. The lowest BCUT2D eigenvalue weighted by Crippen LogP contribution is -2.40. The van der Waals surface area contributed by atoms with E-state index >= 15 is 0 Å². The number of nitrogens with zero attached hydrogens (tertiary/aromatic N) is 3. The average molecular weight is 424 g/mol. The first kappa shape index (κ1) is 20.6. The van der Waals surface area contributed by atoms with Gasteiger partial charge in [0.2, 0.25) is 0 Å². The molecular formula is C24H26ClN3O2. The Hall–Kier alpha value is -2.63. The molecule has 0 bridgehead atoms. The zero-order chi connectivity index (χ0) is 21.1. The first-order chi connectivity index (χ1) is 14.5. The van der Waals surface area contributed by atoms with Crippen LogP contribution >= 0.6 is 11.6 Å². The van der Waals surface area contributed by atoms with E-state index in [-0.39, 0.29) is 12.0 Å². The van der Waals surface area contributed by atoms with Gasteiger partial charge in [0.1, 0.15) is 0 Å². The molecule has 1 amide bonds. The van der Waals surface area contributed by atoms with Crippen LogP contribution in [0.15, 0.2) is 54.6 Å². The van der Waals surface area contributed by atoms with Crippen LogP contribution in [0.25, 0.3) is 5.69 Å². The van der Waals surface area contributed by atoms with Crippen molar-refractivity contribution in [2.75, 3.05) is 13.1 Å². The number of halogens is 1. The highest BCUT2D eigenvalue weighted by atomic mass is 35.5. The molecule has 0 unspecified atom stereocenters. The first-order valence-corrected chi connectivity index (χ1v) is 10.7. The number of aromatic nitrogens is 2. The molecule has 1 aliphatic rings. The second-order valence-corrected chi connectivity index (χ2v) is 8.11. The maximum Gasteiger partial charge on any atom is 0.253 e. The molecule has 0 saturated carbocycles. The Balaban J connectivity index is 1.33. The molecule has 2 heterocycles. The Labute approximate surface area is 182 Å². The number of aryl methyl sites for hydroxylation is 1. The van der Waals surface area contributed by atoms with Crippen LogP contribution in [0.2, 0.25) is 5.02 Å². The minimum Gasteiger partial charge on any atom is -0.373 e. The number of carbonyl (C=O) groups excluding carboxylic acids is 1. The van der Waals surface area contributed by atoms with E-state index in [4.69, 9.17) is 16.3 Å². The maximum absolute atomic E-state index is 12.9. The maximum atomic E-state index is 12.9. The lowest BCUT2D eigenvalue weighted by atomic mass is 10.1. The van der Waals surface area contributed by atoms with Crippen LogP contribution in [-0.4, -0.2) is 39.8 Å². The number of rotatable bonds is 5. The molecule has 2 aromatic carbocycles. The van der Waals surface area contributed by atoms with Crippen molar-refractivity contribution in [3.63, 3.8) is 0 Å². The third-order valence-electron chi connectivity index (χ3n) is 5.62. The second-order valence-electron chi connectivity index (χ2n) is 7.73. The van der Waals surface area contributed by atoms with Crippen LogP contribution in [0.3, 0.4) is 0 Å². The van der Waals surface area contributed by atoms with Crippen molar-refractivity contribution in [3.05, 3.63) is 82.1 Å². The van der Waals surface area contributed by atoms with Gasteiger partial charge in [0, 0.05) is 18.7 Å². The highest BCUT2D eigenvalue weighted by Crippen LogP contribution is 2.23. The van der Waals surface area contributed by atoms with E-state index in [0.717, 1.165) is 29.9 Å². The van der Waals surface area contributed by atoms with Crippen molar-refractivity contribution in [3.8, 4) is 5.69 Å². The summed E-state index contributed by atoms with van der Waals surface area (Å²) in [5, 5.41) is 5.14. The Morgan fingerprint density at radius 1 is 1.07 bits per heavy atom. The summed E-state index contributed by atoms with van der Waals surface area (Å²) in [7, 11) is 0. The topological polar surface area (TPSA) is 47.4 Å². The van der Waals surface area contributed by atoms with Crippen LogP contribution in [0, 0.1) is 13.8 Å². The number of hydrogen-bond donors (Lipinski definition) is 0. The van der Waals surface area contributed by atoms with Gasteiger partial charge in [-0.1, -0.05) is 41.9 Å². The van der Waals surface area contributed by atoms with Crippen LogP contribution in [0.5, 0.6) is 0 Å². The fourth-order valence-electron chi connectivity index (χ4n) is 3.82. The van der Waals surface area contributed by atoms with Crippen LogP contribution in [0.1, 0.15) is 40.2 Å². The monoisotopic (exact) mass is 423 g/mol. The number of benzene rings is 2. The molecule has 1 aliphatic heterocycles. The molecule has 1 fully saturated rings. The molecule has 4 rings (SSSR count). The highest BCUT2D eigenvalue weighted by Gasteiger charge is 2.24. The molecule has 0 radical (unpaired) electrons. The third-order valence-corrected chi connectivity index (χ3v) is 6.17. The third kappa shape index (κ3) is 4.42. The smallest absolute Gasteiger partial charge is 0.253 e. The van der Waals surface area contributed by atoms with E-state index in [2.05, 4.69) is 17.2 Å². The fraction of sp³-hybridized carbons (Fsp3) is 0.333. The van der Waals surface area contributed by atoms with Gasteiger partial charge < -0.3 is 9.64 Å². The van der Waals surface area contributed by atoms with Crippen LogP contribution in [-0.2, 0) is 11.3 Å². The summed E-state index contributed by atoms with van der Waals surface area (Å²) in [6.07, 6.45) is 1.93. The number of amides is 1. The van der Waals surface area contributed by atoms with Gasteiger partial charge in [-0.2, -0.15) is 5.10 Å². The van der Waals surface area contributed by atoms with E-state index in [1.54, 1.807) is 0 Å². The molecular weight excluding hydrogens is 398 g/mol. The van der Waals surface area contributed by atoms with Crippen LogP contribution in [0.4, 0.5) is 0 Å². The normalized spacial score (nSPS) is 14.8. The SMILES string of the molecule is Cc1nn(-c2ccc(C(=O)N3CCC(OCc4ccccc4)CC3)cc2)c(C)c1Cl. The summed E-state index contributed by atoms with van der Waals surface area (Å²) >= 11 is 6.25. The minimum atomic E-state index is 0.0643. The number of ether oxygens (including phenoxy) is 1. The minimum absolute atomic E-state index is 0.0643. The molecule has 0 aliphatic carbocycles. The summed E-state index contributed by atoms with van der Waals surface area (Å²) in [6, 6.07) is 17.7. The van der Waals surface area contributed by atoms with E-state index in [1.807, 2.05) is 65.9 Å². The molecule has 6 heteroatoms. The highest BCUT2D eigenvalue weighted by molar-refractivity contribution is 6.31. The molecule has 0 atom stereocenters. The predicted molar refractivity (Wildman–Crippen MR) is 118 cm³/mol. The lowest BCUT2D eigenvalue weighted by Gasteiger charge is -2.32. The molecule has 1 saturated heterocycles. The van der Waals surface area contributed by atoms with Crippen molar-refractivity contribution in [1.29, 1.82) is 0 Å². The van der Waals surface area contributed by atoms with E-state index < -0.39 is 0 Å². The fourth-order valence-corrected chi connectivity index (χ4v) is 3.93. The second kappa shape index (κ2) is 9.02. The van der Waals surface area contributed by atoms with Gasteiger partial charge in [-0.3, -0.25) is 4.79 Å². The van der Waals surface area contributed by atoms with Gasteiger partial charge >= 0.3 is 0 Å². The van der Waals surface area contributed by atoms with Gasteiger partial charge in [0.15, 0.2) is 0 Å². The number of piperidine rings is 1. The van der Waals surface area contributed by atoms with Crippen molar-refractivity contribution in [2.24, 2.45) is 0 Å². The summed E-state index contributed by atoms with van der Waals surface area (Å²) in [5.74, 6) is 0.0643. The molecule has 1 aromatic heterocycles. The van der Waals surface area contributed by atoms with Crippen molar-refractivity contribution in [2.45, 2.75) is 39.4 Å². The van der Waals surface area contributed by atoms with Crippen molar-refractivity contribution >= 4 is 17.5 Å². The zero-order valence-corrected chi connectivity index (χ0v) is 18.1. The van der Waals surface area contributed by atoms with Gasteiger partial charge in [-0.15, -0.1) is 0 Å². The van der Waals surface area contributed by atoms with Gasteiger partial charge in [0.25, 0.3) is 5.91 Å². The quantitative estimate of drug-likeness (QED) is 0.582. The summed E-state index contributed by atoms with van der Waals surface area (Å²) < 4.78 is 7.84. The Morgan fingerprint density at radius 2 is 1.73 bits per heavy atom. The summed E-state index contributed by atoms with van der Waals surface area (Å²) in [6.45, 7) is 5.87. The summed E-state index contributed by atoms with van der Waals surface area (Å²) in [5.41, 5.74) is 4.46. The molecule has 0 spiro atoms. The molecule has 30 heavy (non-hydrogen) atoms. The molecule has 0 N–H and O–H groups in total. The predicted octanol–water partition coefficient (Wildman–Crippen LogP) is 4.96. The van der Waals surface area contributed by atoms with E-state index in [9.17, 15) is 4.79 Å². The van der Waals surface area contributed by atoms with E-state index in [0.29, 0.717) is 30.3 Å². The Kier molecular flexibility index (Phi) is 6.21. The van der Waals surface area contributed by atoms with Crippen molar-refractivity contribution < 1.29 is 9.53 Å². The molecule has 5 nitrogen and oxygen atoms in total. The Bertz CT molecular complexity index is 1010. The van der Waals surface area contributed by atoms with Gasteiger partial charge in [-0.05, 0) is 56.5 Å². The zero-order valence-electron chi connectivity index (χ0n) is 17.3. The first-order valence-electron chi connectivity index (χ1n) is 10.3. The molecule has 3 aromatic rings. The number of likely N-dealkylation sites (tertiary alicyclic amines) is 1. The largest absolute Gasteiger partial charge is 0.373 e. The molecule has 156 valence electrons.